The first-order valence-electron chi connectivity index (χ1n) is 12.3. The van der Waals surface area contributed by atoms with Crippen LogP contribution < -0.4 is 15.4 Å². The summed E-state index contributed by atoms with van der Waals surface area (Å²) in [7, 11) is -2.20. The fourth-order valence-corrected chi connectivity index (χ4v) is 7.46. The van der Waals surface area contributed by atoms with Gasteiger partial charge in [0.25, 0.3) is 0 Å². The summed E-state index contributed by atoms with van der Waals surface area (Å²) in [5.41, 5.74) is 2.52. The Morgan fingerprint density at radius 3 is 2.68 bits per heavy atom. The number of amides is 3. The summed E-state index contributed by atoms with van der Waals surface area (Å²) in [6, 6.07) is 12.6. The highest BCUT2D eigenvalue weighted by atomic mass is 32.2. The van der Waals surface area contributed by atoms with Crippen molar-refractivity contribution in [1.82, 2.24) is 20.5 Å². The molecule has 2 saturated heterocycles. The van der Waals surface area contributed by atoms with Crippen LogP contribution in [0.25, 0.3) is 10.9 Å². The molecule has 3 N–H and O–H groups in total. The van der Waals surface area contributed by atoms with Crippen LogP contribution in [-0.2, 0) is 37.2 Å². The number of H-pyrrole nitrogens is 1. The third kappa shape index (κ3) is 4.20. The number of nitrogens with zero attached hydrogens (tertiary/aromatic N) is 1. The number of aromatic nitrogens is 1. The second-order valence-corrected chi connectivity index (χ2v) is 12.9. The lowest BCUT2D eigenvalue weighted by Crippen LogP contribution is -2.61. The van der Waals surface area contributed by atoms with Gasteiger partial charge in [-0.3, -0.25) is 14.4 Å². The summed E-state index contributed by atoms with van der Waals surface area (Å²) in [4.78, 5) is 43.6. The Labute approximate surface area is 220 Å². The number of para-hydroxylation sites is 1. The summed E-state index contributed by atoms with van der Waals surface area (Å²) >= 11 is 0. The molecule has 2 aliphatic heterocycles. The van der Waals surface area contributed by atoms with Crippen molar-refractivity contribution in [2.75, 3.05) is 7.11 Å². The number of carbonyl (C=O) groups excluding carboxylic acids is 3. The summed E-state index contributed by atoms with van der Waals surface area (Å²) in [5.74, 6) is -0.842. The van der Waals surface area contributed by atoms with E-state index < -0.39 is 43.9 Å². The van der Waals surface area contributed by atoms with Crippen LogP contribution in [0.3, 0.4) is 0 Å². The Hall–Kier alpha value is -3.86. The number of sulfone groups is 1. The van der Waals surface area contributed by atoms with Crippen LogP contribution in [0, 0.1) is 0 Å². The van der Waals surface area contributed by atoms with E-state index in [-0.39, 0.29) is 25.3 Å². The van der Waals surface area contributed by atoms with Crippen molar-refractivity contribution in [3.05, 3.63) is 65.9 Å². The number of rotatable bonds is 8. The number of benzene rings is 2. The van der Waals surface area contributed by atoms with Crippen molar-refractivity contribution < 1.29 is 27.5 Å². The summed E-state index contributed by atoms with van der Waals surface area (Å²) in [6.07, 6.45) is 1.82. The highest BCUT2D eigenvalue weighted by Gasteiger charge is 2.67. The molecule has 11 heteroatoms. The smallest absolute Gasteiger partial charge is 0.245 e. The van der Waals surface area contributed by atoms with Crippen molar-refractivity contribution in [3.8, 4) is 5.75 Å². The van der Waals surface area contributed by atoms with Crippen molar-refractivity contribution in [1.29, 1.82) is 0 Å². The fraction of sp³-hybridized carbons (Fsp3) is 0.370. The van der Waals surface area contributed by atoms with E-state index in [1.807, 2.05) is 36.4 Å². The molecular weight excluding hydrogens is 508 g/mol. The Morgan fingerprint density at radius 1 is 1.18 bits per heavy atom. The Kier molecular flexibility index (Phi) is 6.42. The summed E-state index contributed by atoms with van der Waals surface area (Å²) in [6.45, 7) is 3.11. The molecule has 2 aliphatic rings. The molecule has 0 unspecified atom stereocenters. The van der Waals surface area contributed by atoms with Crippen LogP contribution >= 0.6 is 0 Å². The van der Waals surface area contributed by atoms with Gasteiger partial charge in [0.15, 0.2) is 9.84 Å². The second-order valence-electron chi connectivity index (χ2n) is 10.2. The van der Waals surface area contributed by atoms with E-state index in [9.17, 15) is 22.8 Å². The van der Waals surface area contributed by atoms with E-state index in [2.05, 4.69) is 15.6 Å². The Bertz CT molecular complexity index is 1530. The van der Waals surface area contributed by atoms with Gasteiger partial charge in [0, 0.05) is 30.1 Å². The lowest BCUT2D eigenvalue weighted by Gasteiger charge is -2.37. The average Bonchev–Trinajstić information content (AvgIpc) is 3.35. The zero-order valence-electron chi connectivity index (χ0n) is 21.4. The molecule has 0 spiro atoms. The number of nitrogens with one attached hydrogen (secondary N) is 3. The molecule has 3 amide bonds. The topological polar surface area (TPSA) is 138 Å². The van der Waals surface area contributed by atoms with Crippen molar-refractivity contribution in [2.45, 2.75) is 55.4 Å². The molecule has 0 bridgehead atoms. The Morgan fingerprint density at radius 2 is 1.95 bits per heavy atom. The normalized spacial score (nSPS) is 21.9. The van der Waals surface area contributed by atoms with Gasteiger partial charge in [-0.25, -0.2) is 8.42 Å². The van der Waals surface area contributed by atoms with Gasteiger partial charge in [0.05, 0.1) is 18.3 Å². The standard InChI is InChI=1S/C27H30N4O6S/c1-27(2)24(31-22(32)13-23(31)38(27,35)36)26(34)30-21(12-17-15-28-20-10-5-4-9-19(17)20)25(33)29-14-16-7-6-8-18(11-16)37-3/h4-11,15,21,23-24,28H,12-14H2,1-3H3,(H,29,33)(H,30,34)/t21-,23+,24+/m0/s1. The third-order valence-electron chi connectivity index (χ3n) is 7.56. The minimum absolute atomic E-state index is 0.130. The van der Waals surface area contributed by atoms with Gasteiger partial charge in [-0.05, 0) is 43.2 Å². The maximum Gasteiger partial charge on any atom is 0.245 e. The molecule has 0 radical (unpaired) electrons. The minimum Gasteiger partial charge on any atom is -0.497 e. The highest BCUT2D eigenvalue weighted by molar-refractivity contribution is 7.93. The molecule has 2 aromatic carbocycles. The Balaban J connectivity index is 1.40. The monoisotopic (exact) mass is 538 g/mol. The molecule has 3 aromatic rings. The van der Waals surface area contributed by atoms with Gasteiger partial charge >= 0.3 is 0 Å². The van der Waals surface area contributed by atoms with E-state index in [1.54, 1.807) is 25.4 Å². The first-order chi connectivity index (χ1) is 18.0. The molecule has 38 heavy (non-hydrogen) atoms. The lowest BCUT2D eigenvalue weighted by atomic mass is 9.96. The molecule has 0 saturated carbocycles. The molecule has 1 aromatic heterocycles. The predicted octanol–water partition coefficient (Wildman–Crippen LogP) is 1.65. The van der Waals surface area contributed by atoms with Crippen LogP contribution in [0.15, 0.2) is 54.7 Å². The molecule has 0 aliphatic carbocycles. The maximum absolute atomic E-state index is 13.6. The number of β-lactam (4-membered cyclic amide) rings is 1. The SMILES string of the molecule is COc1cccc(CNC(=O)[C@H](Cc2c[nH]c3ccccc23)NC(=O)[C@H]2N3C(=O)C[C@H]3S(=O)(=O)C2(C)C)c1. The fourth-order valence-electron chi connectivity index (χ4n) is 5.33. The minimum atomic E-state index is -3.75. The van der Waals surface area contributed by atoms with Gasteiger partial charge < -0.3 is 25.3 Å². The van der Waals surface area contributed by atoms with Gasteiger partial charge in [0.1, 0.15) is 23.2 Å². The molecule has 3 atom stereocenters. The van der Waals surface area contributed by atoms with Crippen LogP contribution in [-0.4, -0.2) is 65.3 Å². The van der Waals surface area contributed by atoms with E-state index in [4.69, 9.17) is 4.74 Å². The summed E-state index contributed by atoms with van der Waals surface area (Å²) < 4.78 is 29.8. The average molecular weight is 539 g/mol. The number of hydrogen-bond acceptors (Lipinski definition) is 6. The molecule has 200 valence electrons. The van der Waals surface area contributed by atoms with Gasteiger partial charge in [-0.2, -0.15) is 0 Å². The first-order valence-corrected chi connectivity index (χ1v) is 13.9. The number of fused-ring (bicyclic) bond motifs is 2. The zero-order valence-corrected chi connectivity index (χ0v) is 22.2. The van der Waals surface area contributed by atoms with Crippen molar-refractivity contribution in [2.24, 2.45) is 0 Å². The molecule has 10 nitrogen and oxygen atoms in total. The van der Waals surface area contributed by atoms with Gasteiger partial charge in [0.2, 0.25) is 17.7 Å². The second kappa shape index (κ2) is 9.46. The van der Waals surface area contributed by atoms with Crippen LogP contribution in [0.4, 0.5) is 0 Å². The van der Waals surface area contributed by atoms with Crippen LogP contribution in [0.2, 0.25) is 0 Å². The molecule has 3 heterocycles. The lowest BCUT2D eigenvalue weighted by molar-refractivity contribution is -0.150. The van der Waals surface area contributed by atoms with Gasteiger partial charge in [-0.1, -0.05) is 30.3 Å². The first kappa shape index (κ1) is 25.8. The number of aromatic amines is 1. The number of methoxy groups -OCH3 is 1. The van der Waals surface area contributed by atoms with Crippen molar-refractivity contribution in [3.63, 3.8) is 0 Å². The molecular formula is C27H30N4O6S. The van der Waals surface area contributed by atoms with Crippen LogP contribution in [0.5, 0.6) is 5.75 Å². The maximum atomic E-state index is 13.6. The van der Waals surface area contributed by atoms with E-state index in [0.29, 0.717) is 5.75 Å². The molecule has 5 rings (SSSR count). The predicted molar refractivity (Wildman–Crippen MR) is 141 cm³/mol. The van der Waals surface area contributed by atoms with Crippen LogP contribution in [0.1, 0.15) is 31.4 Å². The van der Waals surface area contributed by atoms with E-state index in [1.165, 1.54) is 13.8 Å². The van der Waals surface area contributed by atoms with Crippen molar-refractivity contribution >= 4 is 38.5 Å². The number of ether oxygens (including phenoxy) is 1. The summed E-state index contributed by atoms with van der Waals surface area (Å²) in [5, 5.41) is 5.55. The van der Waals surface area contributed by atoms with E-state index in [0.717, 1.165) is 26.9 Å². The van der Waals surface area contributed by atoms with E-state index >= 15 is 0 Å². The molecule has 2 fully saturated rings. The highest BCUT2D eigenvalue weighted by Crippen LogP contribution is 2.45. The number of carbonyl (C=O) groups is 3. The third-order valence-corrected chi connectivity index (χ3v) is 10.4. The quantitative estimate of drug-likeness (QED) is 0.373. The zero-order chi connectivity index (χ0) is 27.2. The number of hydrogen-bond donors (Lipinski definition) is 3. The van der Waals surface area contributed by atoms with Gasteiger partial charge in [-0.15, -0.1) is 0 Å². The largest absolute Gasteiger partial charge is 0.497 e.